The number of rotatable bonds is 7. The van der Waals surface area contributed by atoms with Gasteiger partial charge in [-0.1, -0.05) is 19.9 Å². The maximum Gasteiger partial charge on any atom is 0.161 e. The summed E-state index contributed by atoms with van der Waals surface area (Å²) in [6, 6.07) is 5.09. The average molecular weight is 304 g/mol. The highest BCUT2D eigenvalue weighted by molar-refractivity contribution is 5.85. The second-order valence-electron chi connectivity index (χ2n) is 5.18. The maximum atomic E-state index is 10.1. The van der Waals surface area contributed by atoms with E-state index in [1.807, 2.05) is 18.2 Å². The lowest BCUT2D eigenvalue weighted by Crippen LogP contribution is -2.26. The molecule has 0 radical (unpaired) electrons. The van der Waals surface area contributed by atoms with E-state index in [2.05, 4.69) is 13.8 Å². The Hall–Kier alpha value is -0.970. The minimum Gasteiger partial charge on any atom is -0.493 e. The molecule has 2 atom stereocenters. The van der Waals surface area contributed by atoms with Gasteiger partial charge >= 0.3 is 0 Å². The van der Waals surface area contributed by atoms with Crippen molar-refractivity contribution in [2.45, 2.75) is 38.8 Å². The number of aliphatic hydroxyl groups excluding tert-OH is 1. The van der Waals surface area contributed by atoms with Gasteiger partial charge in [0.1, 0.15) is 0 Å². The molecule has 1 aromatic rings. The Morgan fingerprint density at radius 3 is 2.20 bits per heavy atom. The van der Waals surface area contributed by atoms with Crippen LogP contribution in [0.4, 0.5) is 0 Å². The van der Waals surface area contributed by atoms with E-state index in [-0.39, 0.29) is 12.4 Å². The average Bonchev–Trinajstić information content (AvgIpc) is 2.42. The maximum absolute atomic E-state index is 10.1. The predicted molar refractivity (Wildman–Crippen MR) is 83.8 cm³/mol. The zero-order valence-electron chi connectivity index (χ0n) is 12.6. The number of aliphatic hydroxyl groups is 1. The van der Waals surface area contributed by atoms with Crippen LogP contribution < -0.4 is 15.2 Å². The summed E-state index contributed by atoms with van der Waals surface area (Å²) in [6.07, 6.45) is 1.12. The molecule has 0 aliphatic carbocycles. The van der Waals surface area contributed by atoms with Gasteiger partial charge in [-0.15, -0.1) is 12.4 Å². The summed E-state index contributed by atoms with van der Waals surface area (Å²) in [5, 5.41) is 10.1. The Kier molecular flexibility index (Phi) is 8.62. The van der Waals surface area contributed by atoms with Crippen LogP contribution in [0.2, 0.25) is 0 Å². The number of ether oxygens (including phenoxy) is 2. The van der Waals surface area contributed by atoms with Gasteiger partial charge in [-0.25, -0.2) is 0 Å². The minimum absolute atomic E-state index is 0. The van der Waals surface area contributed by atoms with Crippen molar-refractivity contribution in [1.29, 1.82) is 0 Å². The lowest BCUT2D eigenvalue weighted by Gasteiger charge is -2.21. The van der Waals surface area contributed by atoms with Crippen LogP contribution in [0.5, 0.6) is 11.5 Å². The van der Waals surface area contributed by atoms with E-state index < -0.39 is 12.1 Å². The van der Waals surface area contributed by atoms with Crippen molar-refractivity contribution in [3.05, 3.63) is 23.8 Å². The second-order valence-corrected chi connectivity index (χ2v) is 5.18. The van der Waals surface area contributed by atoms with Crippen molar-refractivity contribution in [3.63, 3.8) is 0 Å². The molecule has 0 amide bonds. The Morgan fingerprint density at radius 1 is 1.10 bits per heavy atom. The zero-order chi connectivity index (χ0) is 14.4. The smallest absolute Gasteiger partial charge is 0.161 e. The van der Waals surface area contributed by atoms with Gasteiger partial charge in [0, 0.05) is 0 Å². The van der Waals surface area contributed by atoms with Crippen LogP contribution in [0.1, 0.15) is 38.3 Å². The number of benzene rings is 1. The third kappa shape index (κ3) is 5.19. The van der Waals surface area contributed by atoms with Gasteiger partial charge in [-0.05, 0) is 36.5 Å². The molecule has 3 N–H and O–H groups in total. The highest BCUT2D eigenvalue weighted by Gasteiger charge is 2.18. The van der Waals surface area contributed by atoms with E-state index in [4.69, 9.17) is 15.2 Å². The fourth-order valence-electron chi connectivity index (χ4n) is 1.97. The van der Waals surface area contributed by atoms with Crippen LogP contribution >= 0.6 is 12.4 Å². The van der Waals surface area contributed by atoms with Crippen LogP contribution in [0.15, 0.2) is 18.2 Å². The van der Waals surface area contributed by atoms with Gasteiger partial charge in [0.25, 0.3) is 0 Å². The number of hydrogen-bond donors (Lipinski definition) is 2. The molecule has 0 saturated carbocycles. The third-order valence-electron chi connectivity index (χ3n) is 3.25. The van der Waals surface area contributed by atoms with E-state index in [9.17, 15) is 5.11 Å². The molecule has 116 valence electrons. The first-order valence-corrected chi connectivity index (χ1v) is 6.65. The number of hydrogen-bond acceptors (Lipinski definition) is 4. The van der Waals surface area contributed by atoms with Crippen LogP contribution in [-0.2, 0) is 0 Å². The van der Waals surface area contributed by atoms with Crippen LogP contribution in [0.3, 0.4) is 0 Å². The van der Waals surface area contributed by atoms with Gasteiger partial charge in [-0.3, -0.25) is 0 Å². The van der Waals surface area contributed by atoms with Gasteiger partial charge < -0.3 is 20.3 Å². The molecule has 0 bridgehead atoms. The standard InChI is InChI=1S/C15H25NO3.ClH/c1-10(2)5-7-12(17)15(16)11-6-8-13(18-3)14(9-11)19-4;/h6,8-10,12,15,17H,5,7,16H2,1-4H3;1H/t12-,15+;/m1./s1. The zero-order valence-corrected chi connectivity index (χ0v) is 13.4. The lowest BCUT2D eigenvalue weighted by molar-refractivity contribution is 0.128. The molecule has 0 aliphatic heterocycles. The van der Waals surface area contributed by atoms with Crippen molar-refractivity contribution in [3.8, 4) is 11.5 Å². The summed E-state index contributed by atoms with van der Waals surface area (Å²) < 4.78 is 10.4. The lowest BCUT2D eigenvalue weighted by atomic mass is 9.96. The minimum atomic E-state index is -0.541. The summed E-state index contributed by atoms with van der Waals surface area (Å²) >= 11 is 0. The molecule has 0 aliphatic rings. The summed E-state index contributed by atoms with van der Waals surface area (Å²) in [5.74, 6) is 1.86. The number of nitrogens with two attached hydrogens (primary N) is 1. The number of methoxy groups -OCH3 is 2. The van der Waals surface area contributed by atoms with E-state index in [0.29, 0.717) is 23.8 Å². The molecule has 5 heteroatoms. The molecule has 0 unspecified atom stereocenters. The molecule has 4 nitrogen and oxygen atoms in total. The fraction of sp³-hybridized carbons (Fsp3) is 0.600. The Labute approximate surface area is 127 Å². The van der Waals surface area contributed by atoms with Crippen molar-refractivity contribution >= 4 is 12.4 Å². The highest BCUT2D eigenvalue weighted by atomic mass is 35.5. The van der Waals surface area contributed by atoms with Crippen LogP contribution in [0.25, 0.3) is 0 Å². The van der Waals surface area contributed by atoms with Crippen molar-refractivity contribution < 1.29 is 14.6 Å². The topological polar surface area (TPSA) is 64.7 Å². The molecular weight excluding hydrogens is 278 g/mol. The Morgan fingerprint density at radius 2 is 1.70 bits per heavy atom. The fourth-order valence-corrected chi connectivity index (χ4v) is 1.97. The molecule has 1 aromatic carbocycles. The predicted octanol–water partition coefficient (Wildman–Crippen LogP) is 2.92. The molecule has 20 heavy (non-hydrogen) atoms. The van der Waals surface area contributed by atoms with E-state index >= 15 is 0 Å². The van der Waals surface area contributed by atoms with Gasteiger partial charge in [0.05, 0.1) is 26.4 Å². The molecule has 0 heterocycles. The monoisotopic (exact) mass is 303 g/mol. The van der Waals surface area contributed by atoms with E-state index in [1.54, 1.807) is 14.2 Å². The Balaban J connectivity index is 0.00000361. The third-order valence-corrected chi connectivity index (χ3v) is 3.25. The van der Waals surface area contributed by atoms with Crippen LogP contribution in [-0.4, -0.2) is 25.4 Å². The van der Waals surface area contributed by atoms with Gasteiger partial charge in [-0.2, -0.15) is 0 Å². The first kappa shape index (κ1) is 19.0. The summed E-state index contributed by atoms with van der Waals surface area (Å²) in [7, 11) is 3.18. The summed E-state index contributed by atoms with van der Waals surface area (Å²) in [5.41, 5.74) is 6.95. The van der Waals surface area contributed by atoms with E-state index in [0.717, 1.165) is 12.0 Å². The van der Waals surface area contributed by atoms with Crippen molar-refractivity contribution in [2.75, 3.05) is 14.2 Å². The normalized spacial score (nSPS) is 13.6. The highest BCUT2D eigenvalue weighted by Crippen LogP contribution is 2.30. The molecule has 0 spiro atoms. The van der Waals surface area contributed by atoms with Crippen LogP contribution in [0, 0.1) is 5.92 Å². The molecule has 0 fully saturated rings. The number of halogens is 1. The first-order chi connectivity index (χ1) is 8.99. The quantitative estimate of drug-likeness (QED) is 0.813. The molecule has 1 rings (SSSR count). The summed E-state index contributed by atoms with van der Waals surface area (Å²) in [4.78, 5) is 0. The van der Waals surface area contributed by atoms with E-state index in [1.165, 1.54) is 0 Å². The Bertz CT molecular complexity index is 399. The van der Waals surface area contributed by atoms with Gasteiger partial charge in [0.2, 0.25) is 0 Å². The molecular formula is C15H26ClNO3. The summed E-state index contributed by atoms with van der Waals surface area (Å²) in [6.45, 7) is 4.27. The first-order valence-electron chi connectivity index (χ1n) is 6.65. The molecule has 0 saturated heterocycles. The second kappa shape index (κ2) is 9.06. The largest absolute Gasteiger partial charge is 0.493 e. The molecule has 0 aromatic heterocycles. The van der Waals surface area contributed by atoms with Crippen molar-refractivity contribution in [2.24, 2.45) is 11.7 Å². The van der Waals surface area contributed by atoms with Gasteiger partial charge in [0.15, 0.2) is 11.5 Å². The SMILES string of the molecule is COc1ccc([C@H](N)[C@H](O)CCC(C)C)cc1OC.Cl. The van der Waals surface area contributed by atoms with Crippen molar-refractivity contribution in [1.82, 2.24) is 0 Å².